The van der Waals surface area contributed by atoms with Crippen LogP contribution in [0.3, 0.4) is 0 Å². The summed E-state index contributed by atoms with van der Waals surface area (Å²) in [5.74, 6) is -0.742. The van der Waals surface area contributed by atoms with Gasteiger partial charge in [0.25, 0.3) is 0 Å². The number of aliphatic hydroxyl groups is 1. The van der Waals surface area contributed by atoms with Gasteiger partial charge in [-0.3, -0.25) is 9.89 Å². The van der Waals surface area contributed by atoms with Gasteiger partial charge in [0.2, 0.25) is 5.91 Å². The predicted molar refractivity (Wildman–Crippen MR) is 73.0 cm³/mol. The number of aryl methyl sites for hydroxylation is 1. The minimum absolute atomic E-state index is 0.0445. The standard InChI is InChI=1S/C14H20F3N3O2/c1-2-9(21)5-6-18-13(22)8-3-4-11-10(7-8)12(20-19-11)14(15,16)17/h8-9,21H,2-7H2,1H3,(H,18,22)(H,19,20). The van der Waals surface area contributed by atoms with Crippen LogP contribution in [0.4, 0.5) is 13.2 Å². The molecule has 0 saturated heterocycles. The molecule has 5 nitrogen and oxygen atoms in total. The molecule has 1 aromatic heterocycles. The first-order chi connectivity index (χ1) is 10.3. The molecule has 2 atom stereocenters. The normalized spacial score (nSPS) is 19.6. The molecule has 1 aromatic rings. The number of nitrogens with zero attached hydrogens (tertiary/aromatic N) is 1. The van der Waals surface area contributed by atoms with E-state index in [4.69, 9.17) is 0 Å². The lowest BCUT2D eigenvalue weighted by atomic mass is 9.85. The number of hydrogen-bond donors (Lipinski definition) is 3. The summed E-state index contributed by atoms with van der Waals surface area (Å²) in [6.45, 7) is 2.17. The van der Waals surface area contributed by atoms with Gasteiger partial charge in [-0.15, -0.1) is 0 Å². The zero-order valence-electron chi connectivity index (χ0n) is 12.3. The summed E-state index contributed by atoms with van der Waals surface area (Å²) in [5, 5.41) is 17.9. The number of amides is 1. The van der Waals surface area contributed by atoms with E-state index in [2.05, 4.69) is 15.5 Å². The van der Waals surface area contributed by atoms with Gasteiger partial charge in [0.1, 0.15) is 0 Å². The van der Waals surface area contributed by atoms with Crippen LogP contribution in [0, 0.1) is 5.92 Å². The average Bonchev–Trinajstić information content (AvgIpc) is 2.89. The molecule has 22 heavy (non-hydrogen) atoms. The fourth-order valence-electron chi connectivity index (χ4n) is 2.66. The highest BCUT2D eigenvalue weighted by molar-refractivity contribution is 5.79. The van der Waals surface area contributed by atoms with Crippen LogP contribution in [-0.4, -0.2) is 33.9 Å². The van der Waals surface area contributed by atoms with E-state index < -0.39 is 23.9 Å². The lowest BCUT2D eigenvalue weighted by Crippen LogP contribution is -2.35. The fraction of sp³-hybridized carbons (Fsp3) is 0.714. The van der Waals surface area contributed by atoms with Gasteiger partial charge >= 0.3 is 6.18 Å². The van der Waals surface area contributed by atoms with Crippen LogP contribution in [0.15, 0.2) is 0 Å². The zero-order chi connectivity index (χ0) is 16.3. The Labute approximate surface area is 126 Å². The third kappa shape index (κ3) is 3.79. The SMILES string of the molecule is CCC(O)CCNC(=O)C1CCc2[nH]nc(C(F)(F)F)c2C1. The lowest BCUT2D eigenvalue weighted by molar-refractivity contribution is -0.142. The molecule has 0 fully saturated rings. The second kappa shape index (κ2) is 6.68. The third-order valence-electron chi connectivity index (χ3n) is 4.03. The van der Waals surface area contributed by atoms with Crippen molar-refractivity contribution in [2.75, 3.05) is 6.54 Å². The van der Waals surface area contributed by atoms with E-state index in [-0.39, 0.29) is 17.9 Å². The number of H-pyrrole nitrogens is 1. The molecule has 1 heterocycles. The molecule has 0 radical (unpaired) electrons. The topological polar surface area (TPSA) is 78.0 Å². The molecule has 2 rings (SSSR count). The van der Waals surface area contributed by atoms with Gasteiger partial charge in [-0.1, -0.05) is 6.92 Å². The minimum Gasteiger partial charge on any atom is -0.393 e. The van der Waals surface area contributed by atoms with E-state index in [0.717, 1.165) is 0 Å². The summed E-state index contributed by atoms with van der Waals surface area (Å²) in [5.41, 5.74) is -0.341. The quantitative estimate of drug-likeness (QED) is 0.774. The maximum atomic E-state index is 12.9. The van der Waals surface area contributed by atoms with E-state index in [1.807, 2.05) is 6.92 Å². The molecule has 8 heteroatoms. The molecular weight excluding hydrogens is 299 g/mol. The van der Waals surface area contributed by atoms with E-state index in [1.54, 1.807) is 0 Å². The van der Waals surface area contributed by atoms with Crippen LogP contribution in [0.5, 0.6) is 0 Å². The van der Waals surface area contributed by atoms with Crippen LogP contribution >= 0.6 is 0 Å². The molecule has 3 N–H and O–H groups in total. The molecule has 0 aliphatic heterocycles. The molecule has 0 saturated carbocycles. The third-order valence-corrected chi connectivity index (χ3v) is 4.03. The zero-order valence-corrected chi connectivity index (χ0v) is 12.3. The van der Waals surface area contributed by atoms with Crippen LogP contribution in [0.1, 0.15) is 43.1 Å². The Morgan fingerprint density at radius 3 is 2.91 bits per heavy atom. The Morgan fingerprint density at radius 2 is 2.27 bits per heavy atom. The van der Waals surface area contributed by atoms with Gasteiger partial charge in [-0.2, -0.15) is 18.3 Å². The highest BCUT2D eigenvalue weighted by Crippen LogP contribution is 2.36. The highest BCUT2D eigenvalue weighted by Gasteiger charge is 2.40. The van der Waals surface area contributed by atoms with E-state index in [9.17, 15) is 23.1 Å². The first-order valence-electron chi connectivity index (χ1n) is 7.42. The Hall–Kier alpha value is -1.57. The van der Waals surface area contributed by atoms with Crippen LogP contribution in [0.25, 0.3) is 0 Å². The fourth-order valence-corrected chi connectivity index (χ4v) is 2.66. The molecule has 1 aliphatic carbocycles. The summed E-state index contributed by atoms with van der Waals surface area (Å²) >= 11 is 0. The average molecular weight is 319 g/mol. The number of alkyl halides is 3. The second-order valence-corrected chi connectivity index (χ2v) is 5.61. The first kappa shape index (κ1) is 16.8. The number of aliphatic hydroxyl groups excluding tert-OH is 1. The number of carbonyl (C=O) groups excluding carboxylic acids is 1. The van der Waals surface area contributed by atoms with Gasteiger partial charge in [0.05, 0.1) is 6.10 Å². The Balaban J connectivity index is 1.96. The monoisotopic (exact) mass is 319 g/mol. The van der Waals surface area contributed by atoms with Crippen molar-refractivity contribution in [3.05, 3.63) is 17.0 Å². The maximum Gasteiger partial charge on any atom is 0.435 e. The number of aromatic amines is 1. The second-order valence-electron chi connectivity index (χ2n) is 5.61. The van der Waals surface area contributed by atoms with Crippen molar-refractivity contribution in [1.29, 1.82) is 0 Å². The minimum atomic E-state index is -4.51. The van der Waals surface area contributed by atoms with E-state index in [1.165, 1.54) is 0 Å². The van der Waals surface area contributed by atoms with E-state index >= 15 is 0 Å². The molecule has 0 spiro atoms. The van der Waals surface area contributed by atoms with Crippen molar-refractivity contribution in [3.63, 3.8) is 0 Å². The summed E-state index contributed by atoms with van der Waals surface area (Å²) in [7, 11) is 0. The van der Waals surface area contributed by atoms with Crippen LogP contribution < -0.4 is 5.32 Å². The van der Waals surface area contributed by atoms with Gasteiger partial charge in [-0.25, -0.2) is 0 Å². The number of aromatic nitrogens is 2. The molecule has 0 aromatic carbocycles. The summed E-state index contributed by atoms with van der Waals surface area (Å²) in [6.07, 6.45) is -3.00. The van der Waals surface area contributed by atoms with Crippen molar-refractivity contribution < 1.29 is 23.1 Å². The number of nitrogens with one attached hydrogen (secondary N) is 2. The Morgan fingerprint density at radius 1 is 1.55 bits per heavy atom. The van der Waals surface area contributed by atoms with Gasteiger partial charge in [-0.05, 0) is 32.1 Å². The Bertz CT molecular complexity index is 528. The molecular formula is C14H20F3N3O2. The maximum absolute atomic E-state index is 12.9. The molecule has 2 unspecified atom stereocenters. The number of hydrogen-bond acceptors (Lipinski definition) is 3. The van der Waals surface area contributed by atoms with Crippen molar-refractivity contribution in [2.45, 2.75) is 51.3 Å². The molecule has 1 aliphatic rings. The first-order valence-corrected chi connectivity index (χ1v) is 7.42. The van der Waals surface area contributed by atoms with Crippen LogP contribution in [-0.2, 0) is 23.8 Å². The van der Waals surface area contributed by atoms with Crippen LogP contribution in [0.2, 0.25) is 0 Å². The van der Waals surface area contributed by atoms with Crippen molar-refractivity contribution in [1.82, 2.24) is 15.5 Å². The van der Waals surface area contributed by atoms with Gasteiger partial charge in [0.15, 0.2) is 5.69 Å². The lowest BCUT2D eigenvalue weighted by Gasteiger charge is -2.22. The number of fused-ring (bicyclic) bond motifs is 1. The Kier molecular flexibility index (Phi) is 5.10. The summed E-state index contributed by atoms with van der Waals surface area (Å²) in [4.78, 5) is 12.1. The van der Waals surface area contributed by atoms with Crippen molar-refractivity contribution in [3.8, 4) is 0 Å². The van der Waals surface area contributed by atoms with E-state index in [0.29, 0.717) is 37.9 Å². The highest BCUT2D eigenvalue weighted by atomic mass is 19.4. The summed E-state index contributed by atoms with van der Waals surface area (Å²) < 4.78 is 38.6. The molecule has 124 valence electrons. The predicted octanol–water partition coefficient (Wildman–Crippen LogP) is 1.81. The van der Waals surface area contributed by atoms with Gasteiger partial charge in [0, 0.05) is 23.7 Å². The van der Waals surface area contributed by atoms with Crippen molar-refractivity contribution in [2.24, 2.45) is 5.92 Å². The molecule has 0 bridgehead atoms. The summed E-state index contributed by atoms with van der Waals surface area (Å²) in [6, 6.07) is 0. The number of rotatable bonds is 5. The van der Waals surface area contributed by atoms with Gasteiger partial charge < -0.3 is 10.4 Å². The molecule has 1 amide bonds. The largest absolute Gasteiger partial charge is 0.435 e. The van der Waals surface area contributed by atoms with Crippen molar-refractivity contribution >= 4 is 5.91 Å². The number of halogens is 3. The smallest absolute Gasteiger partial charge is 0.393 e. The number of carbonyl (C=O) groups is 1.